The molecule has 5 atom stereocenters. The number of halogens is 1. The van der Waals surface area contributed by atoms with E-state index in [-0.39, 0.29) is 23.8 Å². The van der Waals surface area contributed by atoms with Gasteiger partial charge in [-0.1, -0.05) is 49.6 Å². The Balaban J connectivity index is 1.37. The molecule has 1 aromatic carbocycles. The number of carbonyl (C=O) groups excluding carboxylic acids is 2. The predicted molar refractivity (Wildman–Crippen MR) is 120 cm³/mol. The first-order valence-electron chi connectivity index (χ1n) is 10.8. The maximum Gasteiger partial charge on any atom is 0.257 e. The number of carbonyl (C=O) groups is 2. The Morgan fingerprint density at radius 3 is 2.79 bits per heavy atom. The summed E-state index contributed by atoms with van der Waals surface area (Å²) in [4.78, 5) is 26.2. The van der Waals surface area contributed by atoms with E-state index in [4.69, 9.17) is 11.6 Å². The van der Waals surface area contributed by atoms with Crippen molar-refractivity contribution in [2.75, 3.05) is 0 Å². The zero-order valence-electron chi connectivity index (χ0n) is 16.8. The highest BCUT2D eigenvalue weighted by atomic mass is 35.5. The van der Waals surface area contributed by atoms with Gasteiger partial charge in [0.15, 0.2) is 0 Å². The van der Waals surface area contributed by atoms with Crippen molar-refractivity contribution in [1.82, 2.24) is 10.6 Å². The first kappa shape index (κ1) is 20.8. The van der Waals surface area contributed by atoms with E-state index in [1.165, 1.54) is 19.3 Å². The lowest BCUT2D eigenvalue weighted by molar-refractivity contribution is -0.128. The maximum atomic E-state index is 12.9. The van der Waals surface area contributed by atoms with Gasteiger partial charge in [0.05, 0.1) is 4.91 Å². The summed E-state index contributed by atoms with van der Waals surface area (Å²) in [5.74, 6) is 0.684. The third-order valence-corrected chi connectivity index (χ3v) is 8.38. The van der Waals surface area contributed by atoms with Gasteiger partial charge in [-0.05, 0) is 55.7 Å². The summed E-state index contributed by atoms with van der Waals surface area (Å²) >= 11 is 7.88. The van der Waals surface area contributed by atoms with Crippen LogP contribution in [0.5, 0.6) is 0 Å². The number of hydrogen-bond acceptors (Lipinski definition) is 3. The highest BCUT2D eigenvalue weighted by molar-refractivity contribution is 8.04. The van der Waals surface area contributed by atoms with Crippen LogP contribution < -0.4 is 10.6 Å². The van der Waals surface area contributed by atoms with Crippen LogP contribution >= 0.6 is 23.4 Å². The fourth-order valence-corrected chi connectivity index (χ4v) is 6.27. The molecule has 2 amide bonds. The van der Waals surface area contributed by atoms with Crippen molar-refractivity contribution in [3.05, 3.63) is 39.8 Å². The average Bonchev–Trinajstić information content (AvgIpc) is 2.71. The number of fused-ring (bicyclic) bond motifs is 1. The number of nitrogens with one attached hydrogen (secondary N) is 2. The molecule has 2 aliphatic carbocycles. The van der Waals surface area contributed by atoms with Crippen molar-refractivity contribution in [2.45, 2.75) is 69.2 Å². The first-order chi connectivity index (χ1) is 14.0. The number of thioether (sulfide) groups is 1. The van der Waals surface area contributed by atoms with Crippen molar-refractivity contribution in [3.63, 3.8) is 0 Å². The van der Waals surface area contributed by atoms with Gasteiger partial charge in [-0.3, -0.25) is 9.59 Å². The maximum absolute atomic E-state index is 12.9. The van der Waals surface area contributed by atoms with Gasteiger partial charge in [0, 0.05) is 28.3 Å². The Hall–Kier alpha value is -1.46. The smallest absolute Gasteiger partial charge is 0.257 e. The molecule has 1 saturated heterocycles. The molecule has 2 saturated carbocycles. The molecule has 4 nitrogen and oxygen atoms in total. The molecule has 156 valence electrons. The lowest BCUT2D eigenvalue weighted by Crippen LogP contribution is -2.52. The minimum absolute atomic E-state index is 0.000346. The van der Waals surface area contributed by atoms with Crippen molar-refractivity contribution >= 4 is 41.3 Å². The summed E-state index contributed by atoms with van der Waals surface area (Å²) in [6.45, 7) is 2.24. The van der Waals surface area contributed by atoms with E-state index in [9.17, 15) is 9.59 Å². The molecule has 3 fully saturated rings. The summed E-state index contributed by atoms with van der Waals surface area (Å²) < 4.78 is 0. The van der Waals surface area contributed by atoms with E-state index in [0.717, 1.165) is 31.2 Å². The Labute approximate surface area is 182 Å². The highest BCUT2D eigenvalue weighted by Gasteiger charge is 2.40. The van der Waals surface area contributed by atoms with E-state index < -0.39 is 0 Å². The predicted octanol–water partition coefficient (Wildman–Crippen LogP) is 4.78. The zero-order valence-corrected chi connectivity index (χ0v) is 18.4. The minimum atomic E-state index is -0.0573. The lowest BCUT2D eigenvalue weighted by atomic mass is 9.82. The SMILES string of the molecule is CC1CCCCC1NC(=O)C1CCC2S/C(=C/c3ccccc3Cl)C(=O)NC2C1. The second-order valence-corrected chi connectivity index (χ2v) is 10.3. The Bertz CT molecular complexity index is 812. The van der Waals surface area contributed by atoms with E-state index in [0.29, 0.717) is 27.1 Å². The minimum Gasteiger partial charge on any atom is -0.353 e. The van der Waals surface area contributed by atoms with Gasteiger partial charge in [-0.25, -0.2) is 0 Å². The normalized spacial score (nSPS) is 33.7. The van der Waals surface area contributed by atoms with Crippen LogP contribution in [0.3, 0.4) is 0 Å². The molecule has 0 aromatic heterocycles. The van der Waals surface area contributed by atoms with Gasteiger partial charge in [-0.2, -0.15) is 0 Å². The highest BCUT2D eigenvalue weighted by Crippen LogP contribution is 2.40. The molecule has 4 rings (SSSR count). The van der Waals surface area contributed by atoms with Crippen LogP contribution in [0.4, 0.5) is 0 Å². The molecule has 1 heterocycles. The van der Waals surface area contributed by atoms with Crippen molar-refractivity contribution in [3.8, 4) is 0 Å². The summed E-state index contributed by atoms with van der Waals surface area (Å²) in [5, 5.41) is 7.43. The molecular formula is C23H29ClN2O2S. The molecular weight excluding hydrogens is 404 g/mol. The largest absolute Gasteiger partial charge is 0.353 e. The zero-order chi connectivity index (χ0) is 20.4. The molecule has 0 radical (unpaired) electrons. The molecule has 1 aliphatic heterocycles. The molecule has 29 heavy (non-hydrogen) atoms. The van der Waals surface area contributed by atoms with Gasteiger partial charge in [0.2, 0.25) is 5.91 Å². The van der Waals surface area contributed by atoms with Gasteiger partial charge < -0.3 is 10.6 Å². The van der Waals surface area contributed by atoms with Crippen LogP contribution in [0, 0.1) is 11.8 Å². The van der Waals surface area contributed by atoms with Crippen LogP contribution in [0.15, 0.2) is 29.2 Å². The van der Waals surface area contributed by atoms with Crippen LogP contribution in [-0.4, -0.2) is 29.1 Å². The average molecular weight is 433 g/mol. The summed E-state index contributed by atoms with van der Waals surface area (Å²) in [5.41, 5.74) is 0.861. The van der Waals surface area contributed by atoms with Crippen molar-refractivity contribution in [1.29, 1.82) is 0 Å². The second kappa shape index (κ2) is 9.13. The lowest BCUT2D eigenvalue weighted by Gasteiger charge is -2.40. The monoisotopic (exact) mass is 432 g/mol. The topological polar surface area (TPSA) is 58.2 Å². The molecule has 6 heteroatoms. The molecule has 0 spiro atoms. The van der Waals surface area contributed by atoms with Gasteiger partial charge >= 0.3 is 0 Å². The standard InChI is InChI=1S/C23H29ClN2O2S/c1-14-6-2-5-9-18(14)25-22(27)16-10-11-20-19(12-16)26-23(28)21(29-20)13-15-7-3-4-8-17(15)24/h3-4,7-8,13-14,16,18-20H,2,5-6,9-12H2,1H3,(H,25,27)(H,26,28)/b21-13+. The van der Waals surface area contributed by atoms with E-state index in [1.54, 1.807) is 11.8 Å². The van der Waals surface area contributed by atoms with Gasteiger partial charge in [0.25, 0.3) is 5.91 Å². The van der Waals surface area contributed by atoms with E-state index >= 15 is 0 Å². The van der Waals surface area contributed by atoms with Crippen LogP contribution in [0.25, 0.3) is 6.08 Å². The second-order valence-electron chi connectivity index (χ2n) is 8.65. The molecule has 0 bridgehead atoms. The van der Waals surface area contributed by atoms with E-state index in [1.807, 2.05) is 30.3 Å². The fourth-order valence-electron chi connectivity index (χ4n) is 4.79. The molecule has 2 N–H and O–H groups in total. The first-order valence-corrected chi connectivity index (χ1v) is 12.0. The summed E-state index contributed by atoms with van der Waals surface area (Å²) in [6, 6.07) is 7.93. The quantitative estimate of drug-likeness (QED) is 0.676. The van der Waals surface area contributed by atoms with Crippen LogP contribution in [-0.2, 0) is 9.59 Å². The Morgan fingerprint density at radius 2 is 2.00 bits per heavy atom. The number of benzene rings is 1. The third-order valence-electron chi connectivity index (χ3n) is 6.61. The molecule has 5 unspecified atom stereocenters. The Morgan fingerprint density at radius 1 is 1.21 bits per heavy atom. The third kappa shape index (κ3) is 4.83. The van der Waals surface area contributed by atoms with Crippen molar-refractivity contribution in [2.24, 2.45) is 11.8 Å². The number of amides is 2. The van der Waals surface area contributed by atoms with Crippen molar-refractivity contribution < 1.29 is 9.59 Å². The van der Waals surface area contributed by atoms with Gasteiger partial charge in [-0.15, -0.1) is 11.8 Å². The molecule has 3 aliphatic rings. The molecule has 1 aromatic rings. The fraction of sp³-hybridized carbons (Fsp3) is 0.565. The van der Waals surface area contributed by atoms with Crippen LogP contribution in [0.1, 0.15) is 57.4 Å². The van der Waals surface area contributed by atoms with Crippen LogP contribution in [0.2, 0.25) is 5.02 Å². The Kier molecular flexibility index (Phi) is 6.55. The summed E-state index contributed by atoms with van der Waals surface area (Å²) in [7, 11) is 0. The van der Waals surface area contributed by atoms with Gasteiger partial charge in [0.1, 0.15) is 0 Å². The van der Waals surface area contributed by atoms with E-state index in [2.05, 4.69) is 17.6 Å². The summed E-state index contributed by atoms with van der Waals surface area (Å²) in [6.07, 6.45) is 9.20. The number of rotatable bonds is 3. The number of hydrogen-bond donors (Lipinski definition) is 2.